The molecular formula is C19H25BrClN5OS. The van der Waals surface area contributed by atoms with Gasteiger partial charge in [0, 0.05) is 30.2 Å². The number of nitrogens with two attached hydrogens (primary N) is 1. The van der Waals surface area contributed by atoms with Crippen molar-refractivity contribution in [3.63, 3.8) is 0 Å². The number of aryl methyl sites for hydroxylation is 1. The second-order valence-corrected chi connectivity index (χ2v) is 9.67. The Balaban J connectivity index is 1.85. The molecule has 0 aromatic carbocycles. The lowest BCUT2D eigenvalue weighted by Crippen LogP contribution is -2.47. The molecule has 1 aliphatic rings. The van der Waals surface area contributed by atoms with E-state index < -0.39 is 0 Å². The van der Waals surface area contributed by atoms with E-state index in [1.807, 2.05) is 13.0 Å². The zero-order chi connectivity index (χ0) is 20.5. The first-order chi connectivity index (χ1) is 13.2. The third-order valence-electron chi connectivity index (χ3n) is 5.55. The molecule has 1 atom stereocenters. The number of aromatic nitrogens is 3. The van der Waals surface area contributed by atoms with Gasteiger partial charge in [0.2, 0.25) is 0 Å². The first kappa shape index (κ1) is 21.8. The Kier molecular flexibility index (Phi) is 6.87. The van der Waals surface area contributed by atoms with E-state index in [4.69, 9.17) is 27.3 Å². The molecule has 0 amide bonds. The van der Waals surface area contributed by atoms with Crippen LogP contribution in [0.1, 0.15) is 38.1 Å². The molecule has 2 aromatic rings. The van der Waals surface area contributed by atoms with Gasteiger partial charge in [-0.05, 0) is 54.1 Å². The van der Waals surface area contributed by atoms with E-state index in [9.17, 15) is 5.11 Å². The average molecular weight is 487 g/mol. The summed E-state index contributed by atoms with van der Waals surface area (Å²) in [5.74, 6) is 0.767. The van der Waals surface area contributed by atoms with Crippen molar-refractivity contribution in [1.82, 2.24) is 15.0 Å². The molecule has 2 aromatic heterocycles. The van der Waals surface area contributed by atoms with Crippen LogP contribution in [0.15, 0.2) is 26.7 Å². The average Bonchev–Trinajstić information content (AvgIpc) is 2.67. The first-order valence-electron chi connectivity index (χ1n) is 9.22. The lowest BCUT2D eigenvalue weighted by atomic mass is 9.75. The second-order valence-electron chi connectivity index (χ2n) is 7.49. The summed E-state index contributed by atoms with van der Waals surface area (Å²) in [6.45, 7) is 7.82. The van der Waals surface area contributed by atoms with Crippen molar-refractivity contribution in [2.24, 2.45) is 11.1 Å². The Morgan fingerprint density at radius 1 is 1.39 bits per heavy atom. The normalized spacial score (nSPS) is 17.6. The van der Waals surface area contributed by atoms with Crippen LogP contribution < -0.4 is 10.6 Å². The summed E-state index contributed by atoms with van der Waals surface area (Å²) in [6, 6.07) is 2.03. The third-order valence-corrected chi connectivity index (χ3v) is 8.27. The van der Waals surface area contributed by atoms with Crippen LogP contribution in [0.25, 0.3) is 0 Å². The standard InChI is InChI=1S/C19H25BrClN5OS/c1-11-18(28-14-4-7-23-16(21)15(14)20)25-13(10-27)17(24-11)26-8-5-19(3,6-9-26)12(2)22/h4,7,12,27H,5-6,8-10,22H2,1-3H3. The fourth-order valence-electron chi connectivity index (χ4n) is 3.25. The maximum Gasteiger partial charge on any atom is 0.153 e. The van der Waals surface area contributed by atoms with Crippen molar-refractivity contribution in [2.75, 3.05) is 18.0 Å². The van der Waals surface area contributed by atoms with E-state index in [-0.39, 0.29) is 18.1 Å². The molecule has 28 heavy (non-hydrogen) atoms. The maximum atomic E-state index is 9.92. The minimum Gasteiger partial charge on any atom is -0.390 e. The van der Waals surface area contributed by atoms with Gasteiger partial charge in [0.15, 0.2) is 5.82 Å². The van der Waals surface area contributed by atoms with Gasteiger partial charge in [-0.1, -0.05) is 30.3 Å². The minimum absolute atomic E-state index is 0.140. The highest BCUT2D eigenvalue weighted by atomic mass is 79.9. The number of halogens is 2. The predicted octanol–water partition coefficient (Wildman–Crippen LogP) is 4.19. The van der Waals surface area contributed by atoms with Crippen LogP contribution >= 0.6 is 39.3 Å². The number of anilines is 1. The van der Waals surface area contributed by atoms with Crippen LogP contribution in [0.3, 0.4) is 0 Å². The summed E-state index contributed by atoms with van der Waals surface area (Å²) >= 11 is 11.0. The van der Waals surface area contributed by atoms with E-state index >= 15 is 0 Å². The van der Waals surface area contributed by atoms with E-state index in [0.717, 1.165) is 51.8 Å². The highest BCUT2D eigenvalue weighted by Gasteiger charge is 2.34. The van der Waals surface area contributed by atoms with E-state index in [1.165, 1.54) is 11.8 Å². The molecule has 3 heterocycles. The van der Waals surface area contributed by atoms with Gasteiger partial charge in [0.25, 0.3) is 0 Å². The van der Waals surface area contributed by atoms with Gasteiger partial charge in [-0.2, -0.15) is 0 Å². The molecule has 1 unspecified atom stereocenters. The largest absolute Gasteiger partial charge is 0.390 e. The van der Waals surface area contributed by atoms with E-state index in [1.54, 1.807) is 6.20 Å². The van der Waals surface area contributed by atoms with Crippen LogP contribution in [0.2, 0.25) is 5.15 Å². The molecule has 0 spiro atoms. The number of pyridine rings is 1. The van der Waals surface area contributed by atoms with Gasteiger partial charge in [-0.15, -0.1) is 0 Å². The summed E-state index contributed by atoms with van der Waals surface area (Å²) in [4.78, 5) is 16.7. The smallest absolute Gasteiger partial charge is 0.153 e. The molecule has 6 nitrogen and oxygen atoms in total. The summed E-state index contributed by atoms with van der Waals surface area (Å²) in [5.41, 5.74) is 7.72. The predicted molar refractivity (Wildman–Crippen MR) is 117 cm³/mol. The van der Waals surface area contributed by atoms with Crippen molar-refractivity contribution in [3.05, 3.63) is 33.3 Å². The van der Waals surface area contributed by atoms with Gasteiger partial charge >= 0.3 is 0 Å². The van der Waals surface area contributed by atoms with Crippen molar-refractivity contribution in [1.29, 1.82) is 0 Å². The molecule has 0 aliphatic carbocycles. The Morgan fingerprint density at radius 3 is 2.68 bits per heavy atom. The monoisotopic (exact) mass is 485 g/mol. The molecule has 9 heteroatoms. The lowest BCUT2D eigenvalue weighted by Gasteiger charge is -2.42. The Morgan fingerprint density at radius 2 is 2.07 bits per heavy atom. The van der Waals surface area contributed by atoms with Crippen molar-refractivity contribution < 1.29 is 5.11 Å². The number of aliphatic hydroxyl groups excluding tert-OH is 1. The van der Waals surface area contributed by atoms with Gasteiger partial charge in [0.05, 0.1) is 16.8 Å². The first-order valence-corrected chi connectivity index (χ1v) is 11.2. The van der Waals surface area contributed by atoms with Crippen LogP contribution in [-0.2, 0) is 6.61 Å². The Labute approximate surface area is 183 Å². The van der Waals surface area contributed by atoms with E-state index in [2.05, 4.69) is 39.7 Å². The van der Waals surface area contributed by atoms with Crippen LogP contribution in [0, 0.1) is 12.3 Å². The molecule has 0 radical (unpaired) electrons. The van der Waals surface area contributed by atoms with Gasteiger partial charge in [-0.3, -0.25) is 0 Å². The maximum absolute atomic E-state index is 9.92. The number of aliphatic hydroxyl groups is 1. The third kappa shape index (κ3) is 4.46. The fraction of sp³-hybridized carbons (Fsp3) is 0.526. The molecule has 1 aliphatic heterocycles. The summed E-state index contributed by atoms with van der Waals surface area (Å²) in [7, 11) is 0. The number of piperidine rings is 1. The summed E-state index contributed by atoms with van der Waals surface area (Å²) in [5, 5.41) is 11.1. The molecule has 0 saturated carbocycles. The SMILES string of the molecule is Cc1nc(N2CCC(C)(C(C)N)CC2)c(CO)nc1Sc1ccnc(Cl)c1Br. The van der Waals surface area contributed by atoms with Crippen molar-refractivity contribution in [2.45, 2.75) is 56.2 Å². The molecule has 0 bridgehead atoms. The molecule has 1 saturated heterocycles. The van der Waals surface area contributed by atoms with Crippen molar-refractivity contribution >= 4 is 45.1 Å². The molecular weight excluding hydrogens is 462 g/mol. The molecule has 1 fully saturated rings. The van der Waals surface area contributed by atoms with Crippen LogP contribution in [0.5, 0.6) is 0 Å². The van der Waals surface area contributed by atoms with Gasteiger partial charge in [-0.25, -0.2) is 15.0 Å². The van der Waals surface area contributed by atoms with Crippen molar-refractivity contribution in [3.8, 4) is 0 Å². The highest BCUT2D eigenvalue weighted by Crippen LogP contribution is 2.39. The Bertz CT molecular complexity index is 858. The summed E-state index contributed by atoms with van der Waals surface area (Å²) in [6.07, 6.45) is 3.65. The molecule has 3 N–H and O–H groups in total. The minimum atomic E-state index is -0.157. The number of nitrogens with zero attached hydrogens (tertiary/aromatic N) is 4. The number of hydrogen-bond acceptors (Lipinski definition) is 7. The second kappa shape index (κ2) is 8.83. The lowest BCUT2D eigenvalue weighted by molar-refractivity contribution is 0.204. The van der Waals surface area contributed by atoms with Gasteiger partial charge < -0.3 is 15.7 Å². The highest BCUT2D eigenvalue weighted by molar-refractivity contribution is 9.10. The summed E-state index contributed by atoms with van der Waals surface area (Å²) < 4.78 is 0.726. The topological polar surface area (TPSA) is 88.2 Å². The zero-order valence-corrected chi connectivity index (χ0v) is 19.4. The zero-order valence-electron chi connectivity index (χ0n) is 16.2. The van der Waals surface area contributed by atoms with E-state index in [0.29, 0.717) is 10.8 Å². The fourth-order valence-corrected chi connectivity index (χ4v) is 4.81. The molecule has 3 rings (SSSR count). The van der Waals surface area contributed by atoms with Crippen LogP contribution in [0.4, 0.5) is 5.82 Å². The Hall–Kier alpha value is -0.930. The quantitative estimate of drug-likeness (QED) is 0.612. The van der Waals surface area contributed by atoms with Gasteiger partial charge in [0.1, 0.15) is 15.9 Å². The number of rotatable bonds is 5. The van der Waals surface area contributed by atoms with Crippen LogP contribution in [-0.4, -0.2) is 39.2 Å². The molecule has 152 valence electrons. The number of hydrogen-bond donors (Lipinski definition) is 2.